The summed E-state index contributed by atoms with van der Waals surface area (Å²) in [5, 5.41) is 6.74. The lowest BCUT2D eigenvalue weighted by atomic mass is 9.87. The minimum absolute atomic E-state index is 0.133. The van der Waals surface area contributed by atoms with Gasteiger partial charge in [-0.3, -0.25) is 0 Å². The molecule has 1 heterocycles. The van der Waals surface area contributed by atoms with Gasteiger partial charge in [-0.1, -0.05) is 39.0 Å². The second kappa shape index (κ2) is 4.88. The van der Waals surface area contributed by atoms with E-state index >= 15 is 0 Å². The molecular weight excluding hydrogens is 228 g/mol. The standard InChI is InChI=1S/C14H18N2S/c1-14(2,3)12(13-15-9-10-17-13)16-11-7-5-4-6-8-11/h4-10,12,16H,1-3H3. The smallest absolute Gasteiger partial charge is 0.115 e. The van der Waals surface area contributed by atoms with Gasteiger partial charge in [-0.05, 0) is 17.5 Å². The summed E-state index contributed by atoms with van der Waals surface area (Å²) in [6.45, 7) is 6.69. The minimum Gasteiger partial charge on any atom is -0.375 e. The molecule has 2 rings (SSSR count). The van der Waals surface area contributed by atoms with E-state index in [1.807, 2.05) is 29.8 Å². The van der Waals surface area contributed by atoms with Gasteiger partial charge in [-0.25, -0.2) is 4.98 Å². The monoisotopic (exact) mass is 246 g/mol. The summed E-state index contributed by atoms with van der Waals surface area (Å²) in [7, 11) is 0. The van der Waals surface area contributed by atoms with Crippen LogP contribution >= 0.6 is 11.3 Å². The highest BCUT2D eigenvalue weighted by atomic mass is 32.1. The summed E-state index contributed by atoms with van der Waals surface area (Å²) in [6, 6.07) is 10.5. The van der Waals surface area contributed by atoms with Crippen molar-refractivity contribution in [2.75, 3.05) is 5.32 Å². The van der Waals surface area contributed by atoms with Crippen molar-refractivity contribution in [3.63, 3.8) is 0 Å². The lowest BCUT2D eigenvalue weighted by molar-refractivity contribution is 0.347. The number of nitrogens with one attached hydrogen (secondary N) is 1. The van der Waals surface area contributed by atoms with Gasteiger partial charge < -0.3 is 5.32 Å². The van der Waals surface area contributed by atoms with Gasteiger partial charge in [0.05, 0.1) is 6.04 Å². The molecule has 1 N–H and O–H groups in total. The Morgan fingerprint density at radius 1 is 1.18 bits per heavy atom. The van der Waals surface area contributed by atoms with E-state index in [2.05, 4.69) is 43.2 Å². The summed E-state index contributed by atoms with van der Waals surface area (Å²) < 4.78 is 0. The third-order valence-corrected chi connectivity index (χ3v) is 3.49. The van der Waals surface area contributed by atoms with Crippen LogP contribution in [0.25, 0.3) is 0 Å². The number of para-hydroxylation sites is 1. The zero-order valence-corrected chi connectivity index (χ0v) is 11.3. The number of hydrogen-bond donors (Lipinski definition) is 1. The number of anilines is 1. The molecule has 0 saturated heterocycles. The lowest BCUT2D eigenvalue weighted by Crippen LogP contribution is -2.25. The summed E-state index contributed by atoms with van der Waals surface area (Å²) in [6.07, 6.45) is 1.87. The Balaban J connectivity index is 2.24. The zero-order valence-electron chi connectivity index (χ0n) is 10.5. The van der Waals surface area contributed by atoms with Crippen molar-refractivity contribution in [2.24, 2.45) is 5.41 Å². The fourth-order valence-corrected chi connectivity index (χ4v) is 2.66. The van der Waals surface area contributed by atoms with Crippen LogP contribution in [0.15, 0.2) is 41.9 Å². The van der Waals surface area contributed by atoms with Crippen LogP contribution in [-0.2, 0) is 0 Å². The Kier molecular flexibility index (Phi) is 3.48. The van der Waals surface area contributed by atoms with Gasteiger partial charge in [-0.15, -0.1) is 11.3 Å². The van der Waals surface area contributed by atoms with Crippen molar-refractivity contribution < 1.29 is 0 Å². The summed E-state index contributed by atoms with van der Waals surface area (Å²) in [4.78, 5) is 4.44. The molecule has 1 aromatic carbocycles. The van der Waals surface area contributed by atoms with Gasteiger partial charge in [0.1, 0.15) is 5.01 Å². The van der Waals surface area contributed by atoms with Gasteiger partial charge >= 0.3 is 0 Å². The maximum absolute atomic E-state index is 4.44. The molecule has 1 atom stereocenters. The van der Waals surface area contributed by atoms with E-state index in [1.165, 1.54) is 0 Å². The van der Waals surface area contributed by atoms with Crippen molar-refractivity contribution >= 4 is 17.0 Å². The Hall–Kier alpha value is -1.35. The molecule has 90 valence electrons. The number of hydrogen-bond acceptors (Lipinski definition) is 3. The maximum atomic E-state index is 4.44. The molecule has 1 aromatic heterocycles. The van der Waals surface area contributed by atoms with E-state index in [0.29, 0.717) is 0 Å². The summed E-state index contributed by atoms with van der Waals surface area (Å²) in [5.41, 5.74) is 1.27. The van der Waals surface area contributed by atoms with E-state index in [1.54, 1.807) is 11.3 Å². The summed E-state index contributed by atoms with van der Waals surface area (Å²) in [5.74, 6) is 0. The van der Waals surface area contributed by atoms with E-state index in [0.717, 1.165) is 10.7 Å². The van der Waals surface area contributed by atoms with Crippen LogP contribution in [0.2, 0.25) is 0 Å². The first-order valence-electron chi connectivity index (χ1n) is 5.78. The maximum Gasteiger partial charge on any atom is 0.115 e. The largest absolute Gasteiger partial charge is 0.375 e. The first kappa shape index (κ1) is 12.1. The van der Waals surface area contributed by atoms with Crippen molar-refractivity contribution in [3.05, 3.63) is 46.9 Å². The number of nitrogens with zero attached hydrogens (tertiary/aromatic N) is 1. The molecular formula is C14H18N2S. The van der Waals surface area contributed by atoms with Gasteiger partial charge in [-0.2, -0.15) is 0 Å². The molecule has 0 radical (unpaired) electrons. The normalized spacial score (nSPS) is 13.4. The molecule has 0 aliphatic carbocycles. The fourth-order valence-electron chi connectivity index (χ4n) is 1.73. The predicted octanol–water partition coefficient (Wildman–Crippen LogP) is 4.34. The van der Waals surface area contributed by atoms with Crippen molar-refractivity contribution in [3.8, 4) is 0 Å². The summed E-state index contributed by atoms with van der Waals surface area (Å²) >= 11 is 1.70. The molecule has 0 aliphatic heterocycles. The van der Waals surface area contributed by atoms with Crippen LogP contribution in [0.5, 0.6) is 0 Å². The number of aromatic nitrogens is 1. The number of benzene rings is 1. The van der Waals surface area contributed by atoms with Gasteiger partial charge in [0, 0.05) is 17.3 Å². The Bertz CT molecular complexity index is 443. The molecule has 17 heavy (non-hydrogen) atoms. The quantitative estimate of drug-likeness (QED) is 0.871. The minimum atomic E-state index is 0.133. The van der Waals surface area contributed by atoms with E-state index in [9.17, 15) is 0 Å². The van der Waals surface area contributed by atoms with Crippen LogP contribution in [0.1, 0.15) is 31.8 Å². The first-order valence-corrected chi connectivity index (χ1v) is 6.66. The molecule has 3 heteroatoms. The van der Waals surface area contributed by atoms with Crippen molar-refractivity contribution in [1.29, 1.82) is 0 Å². The second-order valence-corrected chi connectivity index (χ2v) is 6.11. The SMILES string of the molecule is CC(C)(C)C(Nc1ccccc1)c1nccs1. The van der Waals surface area contributed by atoms with Crippen molar-refractivity contribution in [1.82, 2.24) is 4.98 Å². The number of thiazole rings is 1. The molecule has 0 fully saturated rings. The highest BCUT2D eigenvalue weighted by molar-refractivity contribution is 7.09. The average Bonchev–Trinajstić information content (AvgIpc) is 2.79. The molecule has 2 nitrogen and oxygen atoms in total. The van der Waals surface area contributed by atoms with E-state index in [-0.39, 0.29) is 11.5 Å². The Labute approximate surface area is 107 Å². The zero-order chi connectivity index (χ0) is 12.3. The number of rotatable bonds is 3. The van der Waals surface area contributed by atoms with Crippen LogP contribution in [0.3, 0.4) is 0 Å². The van der Waals surface area contributed by atoms with Gasteiger partial charge in [0.2, 0.25) is 0 Å². The molecule has 0 saturated carbocycles. The molecule has 0 aliphatic rings. The first-order chi connectivity index (χ1) is 8.07. The Morgan fingerprint density at radius 3 is 2.41 bits per heavy atom. The third-order valence-electron chi connectivity index (χ3n) is 2.65. The van der Waals surface area contributed by atoms with Crippen LogP contribution < -0.4 is 5.32 Å². The Morgan fingerprint density at radius 2 is 1.88 bits per heavy atom. The van der Waals surface area contributed by atoms with E-state index in [4.69, 9.17) is 0 Å². The fraction of sp³-hybridized carbons (Fsp3) is 0.357. The van der Waals surface area contributed by atoms with Crippen LogP contribution in [0.4, 0.5) is 5.69 Å². The van der Waals surface area contributed by atoms with E-state index < -0.39 is 0 Å². The second-order valence-electron chi connectivity index (χ2n) is 5.18. The third kappa shape index (κ3) is 3.07. The molecule has 0 bridgehead atoms. The van der Waals surface area contributed by atoms with Gasteiger partial charge in [0.15, 0.2) is 0 Å². The van der Waals surface area contributed by atoms with Crippen molar-refractivity contribution in [2.45, 2.75) is 26.8 Å². The van der Waals surface area contributed by atoms with Crippen LogP contribution in [-0.4, -0.2) is 4.98 Å². The highest BCUT2D eigenvalue weighted by Crippen LogP contribution is 2.36. The molecule has 0 spiro atoms. The molecule has 1 unspecified atom stereocenters. The highest BCUT2D eigenvalue weighted by Gasteiger charge is 2.28. The molecule has 2 aromatic rings. The molecule has 0 amide bonds. The van der Waals surface area contributed by atoms with Crippen LogP contribution in [0, 0.1) is 5.41 Å². The predicted molar refractivity (Wildman–Crippen MR) is 74.4 cm³/mol. The topological polar surface area (TPSA) is 24.9 Å². The lowest BCUT2D eigenvalue weighted by Gasteiger charge is -2.30. The van der Waals surface area contributed by atoms with Gasteiger partial charge in [0.25, 0.3) is 0 Å². The average molecular weight is 246 g/mol.